The number of nitrogens with zero attached hydrogens (tertiary/aromatic N) is 3. The van der Waals surface area contributed by atoms with Crippen molar-refractivity contribution in [2.45, 2.75) is 12.0 Å². The third kappa shape index (κ3) is 3.24. The fraction of sp³-hybridized carbons (Fsp3) is 0.118. The molecule has 1 aromatic heterocycles. The number of nitro benzene ring substituents is 1. The van der Waals surface area contributed by atoms with Crippen molar-refractivity contribution in [1.29, 1.82) is 0 Å². The summed E-state index contributed by atoms with van der Waals surface area (Å²) in [6, 6.07) is 7.56. The van der Waals surface area contributed by atoms with Crippen molar-refractivity contribution in [3.05, 3.63) is 73.8 Å². The van der Waals surface area contributed by atoms with E-state index in [1.54, 1.807) is 17.7 Å². The summed E-state index contributed by atoms with van der Waals surface area (Å²) in [6.45, 7) is -0.0326. The Bertz CT molecular complexity index is 983. The fourth-order valence-corrected chi connectivity index (χ4v) is 4.31. The highest BCUT2D eigenvalue weighted by Gasteiger charge is 2.49. The number of hydrogen-bond acceptors (Lipinski definition) is 8. The first kappa shape index (κ1) is 17.4. The van der Waals surface area contributed by atoms with E-state index in [1.807, 2.05) is 6.07 Å². The molecule has 2 aromatic rings. The van der Waals surface area contributed by atoms with E-state index in [0.29, 0.717) is 11.1 Å². The quantitative estimate of drug-likeness (QED) is 0.249. The SMILES string of the molecule is O=C(OCc1ccc([N+](=O)[O-])cc1)C1=CS[C@@H]2/C(=C/c3ccns3)C(=O)N12. The number of esters is 1. The van der Waals surface area contributed by atoms with Crippen LogP contribution in [0.5, 0.6) is 0 Å². The molecule has 0 aliphatic carbocycles. The van der Waals surface area contributed by atoms with Crippen molar-refractivity contribution in [3.63, 3.8) is 0 Å². The fourth-order valence-electron chi connectivity index (χ4n) is 2.65. The van der Waals surface area contributed by atoms with Gasteiger partial charge in [0.05, 0.1) is 10.5 Å². The predicted octanol–water partition coefficient (Wildman–Crippen LogP) is 2.93. The molecule has 1 aromatic carbocycles. The van der Waals surface area contributed by atoms with Crippen LogP contribution in [0.25, 0.3) is 6.08 Å². The lowest BCUT2D eigenvalue weighted by Crippen LogP contribution is -2.51. The van der Waals surface area contributed by atoms with Gasteiger partial charge in [-0.25, -0.2) is 9.17 Å². The van der Waals surface area contributed by atoms with E-state index in [0.717, 1.165) is 4.88 Å². The van der Waals surface area contributed by atoms with Gasteiger partial charge in [0.2, 0.25) is 0 Å². The zero-order valence-electron chi connectivity index (χ0n) is 13.6. The number of amides is 1. The Balaban J connectivity index is 1.38. The molecule has 0 bridgehead atoms. The smallest absolute Gasteiger partial charge is 0.355 e. The Labute approximate surface area is 161 Å². The Morgan fingerprint density at radius 1 is 1.33 bits per heavy atom. The van der Waals surface area contributed by atoms with Gasteiger partial charge in [-0.1, -0.05) is 0 Å². The predicted molar refractivity (Wildman–Crippen MR) is 99.3 cm³/mol. The minimum absolute atomic E-state index is 0.0326. The van der Waals surface area contributed by atoms with Gasteiger partial charge in [-0.2, -0.15) is 0 Å². The van der Waals surface area contributed by atoms with Gasteiger partial charge >= 0.3 is 5.97 Å². The number of β-lactam (4-membered cyclic amide) rings is 1. The van der Waals surface area contributed by atoms with Crippen molar-refractivity contribution >= 4 is 46.9 Å². The van der Waals surface area contributed by atoms with Crippen LogP contribution in [0.15, 0.2) is 53.2 Å². The van der Waals surface area contributed by atoms with E-state index in [2.05, 4.69) is 4.37 Å². The van der Waals surface area contributed by atoms with Crippen molar-refractivity contribution in [2.24, 2.45) is 0 Å². The number of carbonyl (C=O) groups is 2. The molecule has 27 heavy (non-hydrogen) atoms. The van der Waals surface area contributed by atoms with Gasteiger partial charge in [-0.3, -0.25) is 19.8 Å². The zero-order chi connectivity index (χ0) is 19.0. The Kier molecular flexibility index (Phi) is 4.50. The standard InChI is InChI=1S/C17H11N3O5S2/c21-15-13(7-12-5-6-18-27-12)16-19(15)14(9-26-16)17(22)25-8-10-1-3-11(4-2-10)20(23)24/h1-7,9,16H,8H2/b13-7+/t16-/m1/s1. The lowest BCUT2D eigenvalue weighted by atomic mass is 10.0. The van der Waals surface area contributed by atoms with Crippen molar-refractivity contribution < 1.29 is 19.2 Å². The van der Waals surface area contributed by atoms with Crippen molar-refractivity contribution in [2.75, 3.05) is 0 Å². The molecule has 0 radical (unpaired) electrons. The molecule has 2 aliphatic rings. The average molecular weight is 401 g/mol. The molecule has 1 atom stereocenters. The third-order valence-electron chi connectivity index (χ3n) is 4.02. The van der Waals surface area contributed by atoms with E-state index < -0.39 is 10.9 Å². The summed E-state index contributed by atoms with van der Waals surface area (Å²) in [6.07, 6.45) is 3.45. The number of benzene rings is 1. The summed E-state index contributed by atoms with van der Waals surface area (Å²) < 4.78 is 9.24. The van der Waals surface area contributed by atoms with Gasteiger partial charge < -0.3 is 4.74 Å². The summed E-state index contributed by atoms with van der Waals surface area (Å²) in [4.78, 5) is 37.1. The first-order chi connectivity index (χ1) is 13.0. The Morgan fingerprint density at radius 2 is 2.11 bits per heavy atom. The van der Waals surface area contributed by atoms with E-state index in [4.69, 9.17) is 4.74 Å². The Morgan fingerprint density at radius 3 is 2.78 bits per heavy atom. The van der Waals surface area contributed by atoms with Gasteiger partial charge in [0, 0.05) is 28.6 Å². The highest BCUT2D eigenvalue weighted by atomic mass is 32.2. The molecule has 0 unspecified atom stereocenters. The lowest BCUT2D eigenvalue weighted by Gasteiger charge is -2.37. The molecule has 2 aliphatic heterocycles. The molecule has 4 rings (SSSR count). The minimum atomic E-state index is -0.603. The van der Waals surface area contributed by atoms with Crippen LogP contribution in [-0.2, 0) is 20.9 Å². The van der Waals surface area contributed by atoms with E-state index in [9.17, 15) is 19.7 Å². The van der Waals surface area contributed by atoms with E-state index in [1.165, 1.54) is 52.5 Å². The molecule has 10 heteroatoms. The summed E-state index contributed by atoms with van der Waals surface area (Å²) >= 11 is 2.67. The highest BCUT2D eigenvalue weighted by molar-refractivity contribution is 8.03. The number of non-ortho nitro benzene ring substituents is 1. The summed E-state index contributed by atoms with van der Waals surface area (Å²) in [5.41, 5.74) is 1.42. The second kappa shape index (κ2) is 6.97. The molecule has 136 valence electrons. The Hall–Kier alpha value is -2.98. The maximum absolute atomic E-state index is 12.4. The molecule has 1 fully saturated rings. The third-order valence-corrected chi connectivity index (χ3v) is 5.79. The number of thioether (sulfide) groups is 1. The number of nitro groups is 1. The first-order valence-electron chi connectivity index (χ1n) is 7.76. The summed E-state index contributed by atoms with van der Waals surface area (Å²) in [5.74, 6) is -0.828. The first-order valence-corrected chi connectivity index (χ1v) is 9.48. The molecule has 3 heterocycles. The van der Waals surface area contributed by atoms with E-state index >= 15 is 0 Å². The van der Waals surface area contributed by atoms with Crippen LogP contribution in [0, 0.1) is 10.1 Å². The summed E-state index contributed by atoms with van der Waals surface area (Å²) in [5, 5.41) is 12.0. The van der Waals surface area contributed by atoms with Crippen molar-refractivity contribution in [3.8, 4) is 0 Å². The van der Waals surface area contributed by atoms with Crippen LogP contribution in [-0.4, -0.2) is 31.4 Å². The van der Waals surface area contributed by atoms with Gasteiger partial charge in [0.15, 0.2) is 0 Å². The molecule has 0 N–H and O–H groups in total. The molecule has 0 spiro atoms. The molecular weight excluding hydrogens is 390 g/mol. The maximum atomic E-state index is 12.4. The van der Waals surface area contributed by atoms with Crippen LogP contribution in [0.2, 0.25) is 0 Å². The lowest BCUT2D eigenvalue weighted by molar-refractivity contribution is -0.384. The van der Waals surface area contributed by atoms with Gasteiger partial charge in [0.1, 0.15) is 17.7 Å². The highest BCUT2D eigenvalue weighted by Crippen LogP contribution is 2.45. The molecule has 1 amide bonds. The topological polar surface area (TPSA) is 103 Å². The van der Waals surface area contributed by atoms with Crippen LogP contribution >= 0.6 is 23.3 Å². The van der Waals surface area contributed by atoms with E-state index in [-0.39, 0.29) is 29.3 Å². The second-order valence-corrected chi connectivity index (χ2v) is 7.50. The van der Waals surface area contributed by atoms with Crippen molar-refractivity contribution in [1.82, 2.24) is 9.27 Å². The summed E-state index contributed by atoms with van der Waals surface area (Å²) in [7, 11) is 0. The second-order valence-electron chi connectivity index (χ2n) is 5.68. The molecule has 1 saturated heterocycles. The average Bonchev–Trinajstić information content (AvgIpc) is 3.32. The zero-order valence-corrected chi connectivity index (χ0v) is 15.2. The van der Waals surface area contributed by atoms with Crippen LogP contribution < -0.4 is 0 Å². The van der Waals surface area contributed by atoms with Gasteiger partial charge in [-0.05, 0) is 41.4 Å². The number of hydrogen-bond donors (Lipinski definition) is 0. The monoisotopic (exact) mass is 401 g/mol. The number of rotatable bonds is 5. The molecule has 0 saturated carbocycles. The van der Waals surface area contributed by atoms with Gasteiger partial charge in [-0.15, -0.1) is 11.8 Å². The molecule has 8 nitrogen and oxygen atoms in total. The van der Waals surface area contributed by atoms with Gasteiger partial charge in [0.25, 0.3) is 11.6 Å². The number of aromatic nitrogens is 1. The van der Waals surface area contributed by atoms with Crippen LogP contribution in [0.3, 0.4) is 0 Å². The largest absolute Gasteiger partial charge is 0.456 e. The maximum Gasteiger partial charge on any atom is 0.355 e. The van der Waals surface area contributed by atoms with Crippen LogP contribution in [0.1, 0.15) is 10.4 Å². The number of fused-ring (bicyclic) bond motifs is 1. The minimum Gasteiger partial charge on any atom is -0.456 e. The molecular formula is C17H11N3O5S2. The number of ether oxygens (including phenoxy) is 1. The normalized spacial score (nSPS) is 19.5. The number of carbonyl (C=O) groups excluding carboxylic acids is 2. The van der Waals surface area contributed by atoms with Crippen LogP contribution in [0.4, 0.5) is 5.69 Å².